The molecule has 31 atom stereocenters. The molecule has 0 amide bonds. The maximum absolute atomic E-state index is 11.8. The molecule has 6 aliphatic heterocycles. The Hall–Kier alpha value is -0.880. The van der Waals surface area contributed by atoms with E-state index >= 15 is 0 Å². The Morgan fingerprint density at radius 1 is 0.542 bits per heavy atom. The van der Waals surface area contributed by atoms with Crippen molar-refractivity contribution in [3.63, 3.8) is 0 Å². The van der Waals surface area contributed by atoms with Crippen LogP contribution in [-0.4, -0.2) is 229 Å². The van der Waals surface area contributed by atoms with Crippen molar-refractivity contribution in [2.45, 2.75) is 227 Å². The van der Waals surface area contributed by atoms with Gasteiger partial charge in [0.15, 0.2) is 25.2 Å². The average Bonchev–Trinajstić information content (AvgIpc) is 3.82. The molecule has 6 saturated heterocycles. The lowest BCUT2D eigenvalue weighted by atomic mass is 9.44. The fraction of sp³-hybridized carbons (Fsp3) is 1.00. The summed E-state index contributed by atoms with van der Waals surface area (Å²) < 4.78 is 55.0. The minimum absolute atomic E-state index is 0.104. The van der Waals surface area contributed by atoms with Crippen LogP contribution in [0.25, 0.3) is 0 Å². The summed E-state index contributed by atoms with van der Waals surface area (Å²) >= 11 is 0. The lowest BCUT2D eigenvalue weighted by Gasteiger charge is -2.61. The van der Waals surface area contributed by atoms with E-state index in [0.29, 0.717) is 47.8 Å². The van der Waals surface area contributed by atoms with Gasteiger partial charge in [-0.2, -0.15) is 0 Å². The Labute approximate surface area is 420 Å². The van der Waals surface area contributed by atoms with Gasteiger partial charge in [-0.15, -0.1) is 0 Å². The summed E-state index contributed by atoms with van der Waals surface area (Å²) in [4.78, 5) is 0. The number of ether oxygens (including phenoxy) is 9. The molecule has 0 aromatic rings. The van der Waals surface area contributed by atoms with Crippen LogP contribution in [0.5, 0.6) is 0 Å². The van der Waals surface area contributed by atoms with Gasteiger partial charge in [-0.25, -0.2) is 0 Å². The number of aliphatic hydroxyl groups excluding tert-OH is 12. The smallest absolute Gasteiger partial charge is 0.187 e. The van der Waals surface area contributed by atoms with Gasteiger partial charge < -0.3 is 104 Å². The minimum atomic E-state index is -1.99. The number of fused-ring (bicyclic) bond motifs is 7. The number of aliphatic hydroxyl groups is 12. The third-order valence-electron chi connectivity index (χ3n) is 20.2. The topological polar surface area (TPSA) is 338 Å². The molecule has 8 unspecified atom stereocenters. The number of nitrogens with one attached hydrogen (secondary N) is 1. The Morgan fingerprint density at radius 2 is 1.17 bits per heavy atom. The molecule has 6 heterocycles. The normalized spacial score (nSPS) is 57.8. The zero-order valence-electron chi connectivity index (χ0n) is 41.8. The van der Waals surface area contributed by atoms with Crippen LogP contribution in [0.15, 0.2) is 0 Å². The van der Waals surface area contributed by atoms with Crippen molar-refractivity contribution in [1.29, 1.82) is 0 Å². The van der Waals surface area contributed by atoms with Crippen molar-refractivity contribution >= 4 is 0 Å². The van der Waals surface area contributed by atoms with Crippen LogP contribution in [0.2, 0.25) is 0 Å². The Bertz CT molecular complexity index is 1830. The molecule has 22 nitrogen and oxygen atoms in total. The van der Waals surface area contributed by atoms with Gasteiger partial charge in [0, 0.05) is 12.5 Å². The molecule has 10 rings (SSSR count). The first-order valence-electron chi connectivity index (χ1n) is 26.8. The molecule has 10 fully saturated rings. The Kier molecular flexibility index (Phi) is 15.9. The second kappa shape index (κ2) is 21.1. The summed E-state index contributed by atoms with van der Waals surface area (Å²) in [6, 6.07) is 0. The monoisotopic (exact) mass is 1030 g/mol. The maximum Gasteiger partial charge on any atom is 0.187 e. The van der Waals surface area contributed by atoms with E-state index in [1.54, 1.807) is 0 Å². The van der Waals surface area contributed by atoms with E-state index in [-0.39, 0.29) is 28.8 Å². The van der Waals surface area contributed by atoms with Crippen molar-refractivity contribution in [3.8, 4) is 0 Å². The summed E-state index contributed by atoms with van der Waals surface area (Å²) in [5, 5.41) is 133. The van der Waals surface area contributed by atoms with Crippen LogP contribution < -0.4 is 5.32 Å². The number of hydrogen-bond donors (Lipinski definition) is 13. The van der Waals surface area contributed by atoms with Crippen LogP contribution in [0.1, 0.15) is 91.9 Å². The number of hydrogen-bond acceptors (Lipinski definition) is 22. The largest absolute Gasteiger partial charge is 0.394 e. The molecule has 1 spiro atoms. The van der Waals surface area contributed by atoms with E-state index < -0.39 is 143 Å². The summed E-state index contributed by atoms with van der Waals surface area (Å²) in [5.41, 5.74) is 0.147. The molecule has 72 heavy (non-hydrogen) atoms. The highest BCUT2D eigenvalue weighted by atomic mass is 16.8. The molecule has 0 aromatic carbocycles. The van der Waals surface area contributed by atoms with Crippen LogP contribution in [-0.2, 0) is 42.6 Å². The summed E-state index contributed by atoms with van der Waals surface area (Å²) in [7, 11) is 0. The van der Waals surface area contributed by atoms with E-state index in [1.807, 2.05) is 0 Å². The Balaban J connectivity index is 0.812. The standard InChI is InChI=1S/C50H83NO21/c1-20-7-12-50(51-15-20)21(2)32-28(72-50)14-26-24-6-5-22-13-23(8-10-48(22,3)25(24)9-11-49(26,32)4)65-45-40(63)37(60)41(31(18-54)68-45)69-47-43(71-46-39(62)36(59)34(57)29(16-52)66-46)42(35(58)30(17-53)67-47)70-44-38(61)33(56)27(55)19-64-44/h20-47,51-63H,5-19H2,1-4H3/t20?,21?,22?,23-,24+,25?,26?,27+,28?,29+,30+,31+,32?,33-,34+,35+,36-,37+,38+,39+,40+,41-,42-,43+,44+,45+,46-,47-,48-,49-,50?/m0/s1. The summed E-state index contributed by atoms with van der Waals surface area (Å²) in [6.07, 6.45) is -22.4. The lowest BCUT2D eigenvalue weighted by Crippen LogP contribution is -2.68. The van der Waals surface area contributed by atoms with Gasteiger partial charge in [0.2, 0.25) is 0 Å². The van der Waals surface area contributed by atoms with Gasteiger partial charge in [0.25, 0.3) is 0 Å². The van der Waals surface area contributed by atoms with Gasteiger partial charge >= 0.3 is 0 Å². The van der Waals surface area contributed by atoms with Gasteiger partial charge in [0.05, 0.1) is 38.6 Å². The third kappa shape index (κ3) is 9.26. The zero-order valence-corrected chi connectivity index (χ0v) is 41.8. The van der Waals surface area contributed by atoms with E-state index in [2.05, 4.69) is 33.0 Å². The van der Waals surface area contributed by atoms with E-state index in [0.717, 1.165) is 45.1 Å². The Morgan fingerprint density at radius 3 is 1.88 bits per heavy atom. The van der Waals surface area contributed by atoms with Crippen LogP contribution in [0.4, 0.5) is 0 Å². The minimum Gasteiger partial charge on any atom is -0.394 e. The molecule has 0 aromatic heterocycles. The van der Waals surface area contributed by atoms with Crippen LogP contribution in [0, 0.1) is 52.3 Å². The van der Waals surface area contributed by atoms with E-state index in [1.165, 1.54) is 19.3 Å². The predicted molar refractivity (Wildman–Crippen MR) is 244 cm³/mol. The highest BCUT2D eigenvalue weighted by molar-refractivity contribution is 5.16. The van der Waals surface area contributed by atoms with Gasteiger partial charge in [0.1, 0.15) is 97.3 Å². The first-order valence-corrected chi connectivity index (χ1v) is 26.8. The van der Waals surface area contributed by atoms with Gasteiger partial charge in [-0.1, -0.05) is 27.7 Å². The molecular weight excluding hydrogens is 951 g/mol. The zero-order chi connectivity index (χ0) is 51.3. The fourth-order valence-corrected chi connectivity index (χ4v) is 16.1. The van der Waals surface area contributed by atoms with Gasteiger partial charge in [-0.05, 0) is 111 Å². The lowest BCUT2D eigenvalue weighted by molar-refractivity contribution is -0.404. The molecular formula is C50H83NO21. The second-order valence-electron chi connectivity index (χ2n) is 24.0. The van der Waals surface area contributed by atoms with Crippen LogP contribution in [0.3, 0.4) is 0 Å². The average molecular weight is 1030 g/mol. The number of rotatable bonds is 11. The highest BCUT2D eigenvalue weighted by Crippen LogP contribution is 2.71. The molecule has 4 aliphatic carbocycles. The number of piperidine rings is 1. The quantitative estimate of drug-likeness (QED) is 0.0937. The molecule has 414 valence electrons. The van der Waals surface area contributed by atoms with Gasteiger partial charge in [-0.3, -0.25) is 5.32 Å². The molecule has 13 N–H and O–H groups in total. The van der Waals surface area contributed by atoms with Crippen molar-refractivity contribution in [3.05, 3.63) is 0 Å². The van der Waals surface area contributed by atoms with E-state index in [4.69, 9.17) is 42.6 Å². The van der Waals surface area contributed by atoms with Crippen molar-refractivity contribution in [2.24, 2.45) is 52.3 Å². The third-order valence-corrected chi connectivity index (χ3v) is 20.2. The molecule has 0 radical (unpaired) electrons. The summed E-state index contributed by atoms with van der Waals surface area (Å²) in [6.45, 7) is 7.84. The van der Waals surface area contributed by atoms with Crippen molar-refractivity contribution in [1.82, 2.24) is 5.32 Å². The van der Waals surface area contributed by atoms with E-state index in [9.17, 15) is 61.3 Å². The first-order chi connectivity index (χ1) is 34.3. The van der Waals surface area contributed by atoms with Crippen LogP contribution >= 0.6 is 0 Å². The second-order valence-corrected chi connectivity index (χ2v) is 24.0. The highest BCUT2D eigenvalue weighted by Gasteiger charge is 2.69. The van der Waals surface area contributed by atoms with Crippen molar-refractivity contribution in [2.75, 3.05) is 33.0 Å². The molecule has 22 heteroatoms. The first kappa shape index (κ1) is 54.5. The SMILES string of the molecule is CC1CCC2(NC1)OC1CC3[C@@H]4CCC5C[C@@H](O[C@@H]6O[C@H](CO)[C@H](O[C@@H]7O[C@H](CO)[C@@H](O)[C@H](O[C@H]8OC[C@@H](O)[C@H](O)[C@H]8O)[C@H]7O[C@@H]7O[C@H](CO)[C@@H](O)[C@H](O)[C@H]7O)[C@H](O)[C@H]6O)CC[C@]5(C)C4CC[C@]3(C)C1C2C. The molecule has 4 saturated carbocycles. The fourth-order valence-electron chi connectivity index (χ4n) is 16.1. The van der Waals surface area contributed by atoms with Crippen molar-refractivity contribution < 1.29 is 104 Å². The maximum atomic E-state index is 11.8. The molecule has 0 bridgehead atoms. The molecule has 10 aliphatic rings. The predicted octanol–water partition coefficient (Wildman–Crippen LogP) is -2.70. The summed E-state index contributed by atoms with van der Waals surface area (Å²) in [5.74, 6) is 3.87.